The minimum absolute atomic E-state index is 0.545. The lowest BCUT2D eigenvalue weighted by molar-refractivity contribution is -0.202. The maximum atomic E-state index is 12.6. The first-order valence-electron chi connectivity index (χ1n) is 5.13. The van der Waals surface area contributed by atoms with Gasteiger partial charge in [0, 0.05) is 0 Å². The highest BCUT2D eigenvalue weighted by molar-refractivity contribution is 5.67. The van der Waals surface area contributed by atoms with Crippen LogP contribution < -0.4 is 4.74 Å². The molecule has 0 saturated carbocycles. The molecule has 20 heavy (non-hydrogen) atoms. The van der Waals surface area contributed by atoms with Crippen LogP contribution in [0.1, 0.15) is 12.0 Å². The zero-order valence-corrected chi connectivity index (χ0v) is 9.63. The number of rotatable bonds is 4. The predicted molar refractivity (Wildman–Crippen MR) is 54.2 cm³/mol. The molecular formula is C11H8F6O3. The Morgan fingerprint density at radius 2 is 1.70 bits per heavy atom. The van der Waals surface area contributed by atoms with Crippen molar-refractivity contribution < 1.29 is 41.0 Å². The molecule has 1 N–H and O–H groups in total. The standard InChI is InChI=1S/C11H8F6O3/c12-10(13,14)6-3-1-2-4-7(6)20-8(5-9(18)19)11(15,16)17/h1-4,8H,5H2,(H,18,19). The molecule has 0 saturated heterocycles. The van der Waals surface area contributed by atoms with E-state index in [4.69, 9.17) is 5.11 Å². The summed E-state index contributed by atoms with van der Waals surface area (Å²) >= 11 is 0. The highest BCUT2D eigenvalue weighted by Crippen LogP contribution is 2.38. The number of benzene rings is 1. The Hall–Kier alpha value is -1.93. The van der Waals surface area contributed by atoms with Gasteiger partial charge in [0.25, 0.3) is 0 Å². The van der Waals surface area contributed by atoms with Gasteiger partial charge in [0.2, 0.25) is 6.10 Å². The molecule has 0 bridgehead atoms. The van der Waals surface area contributed by atoms with Gasteiger partial charge in [-0.15, -0.1) is 0 Å². The van der Waals surface area contributed by atoms with Gasteiger partial charge >= 0.3 is 18.3 Å². The zero-order valence-electron chi connectivity index (χ0n) is 9.63. The monoisotopic (exact) mass is 302 g/mol. The molecule has 0 fully saturated rings. The highest BCUT2D eigenvalue weighted by atomic mass is 19.4. The number of hydrogen-bond acceptors (Lipinski definition) is 2. The van der Waals surface area contributed by atoms with E-state index in [2.05, 4.69) is 4.74 Å². The van der Waals surface area contributed by atoms with E-state index in [0.29, 0.717) is 12.1 Å². The van der Waals surface area contributed by atoms with E-state index in [1.807, 2.05) is 0 Å². The normalized spacial score (nSPS) is 13.9. The van der Waals surface area contributed by atoms with Gasteiger partial charge in [-0.05, 0) is 12.1 Å². The van der Waals surface area contributed by atoms with E-state index in [9.17, 15) is 31.1 Å². The fourth-order valence-corrected chi connectivity index (χ4v) is 1.34. The SMILES string of the molecule is O=C(O)CC(Oc1ccccc1C(F)(F)F)C(F)(F)F. The van der Waals surface area contributed by atoms with Crippen molar-refractivity contribution in [1.29, 1.82) is 0 Å². The van der Waals surface area contributed by atoms with Crippen molar-refractivity contribution in [3.05, 3.63) is 29.8 Å². The number of carbonyl (C=O) groups is 1. The predicted octanol–water partition coefficient (Wildman–Crippen LogP) is 3.49. The Morgan fingerprint density at radius 1 is 1.15 bits per heavy atom. The molecule has 0 aliphatic heterocycles. The molecule has 1 atom stereocenters. The third-order valence-corrected chi connectivity index (χ3v) is 2.19. The van der Waals surface area contributed by atoms with Crippen LogP contribution in [0.5, 0.6) is 5.75 Å². The minimum Gasteiger partial charge on any atom is -0.481 e. The van der Waals surface area contributed by atoms with E-state index >= 15 is 0 Å². The fourth-order valence-electron chi connectivity index (χ4n) is 1.34. The summed E-state index contributed by atoms with van der Waals surface area (Å²) in [6.45, 7) is 0. The number of hydrogen-bond donors (Lipinski definition) is 1. The molecule has 0 aliphatic rings. The lowest BCUT2D eigenvalue weighted by Gasteiger charge is -2.22. The smallest absolute Gasteiger partial charge is 0.426 e. The molecule has 1 aromatic rings. The molecular weight excluding hydrogens is 294 g/mol. The van der Waals surface area contributed by atoms with Gasteiger partial charge in [-0.3, -0.25) is 4.79 Å². The van der Waals surface area contributed by atoms with Crippen molar-refractivity contribution in [1.82, 2.24) is 0 Å². The molecule has 1 aromatic carbocycles. The Morgan fingerprint density at radius 3 is 2.15 bits per heavy atom. The first-order chi connectivity index (χ1) is 9.01. The highest BCUT2D eigenvalue weighted by Gasteiger charge is 2.44. The van der Waals surface area contributed by atoms with Crippen LogP contribution in [-0.4, -0.2) is 23.4 Å². The molecule has 0 aliphatic carbocycles. The van der Waals surface area contributed by atoms with Crippen molar-refractivity contribution in [3.8, 4) is 5.75 Å². The summed E-state index contributed by atoms with van der Waals surface area (Å²) in [5.74, 6) is -2.90. The van der Waals surface area contributed by atoms with Crippen LogP contribution in [0.25, 0.3) is 0 Å². The average molecular weight is 302 g/mol. The minimum atomic E-state index is -5.10. The number of halogens is 6. The van der Waals surface area contributed by atoms with Crippen LogP contribution >= 0.6 is 0 Å². The largest absolute Gasteiger partial charge is 0.481 e. The van der Waals surface area contributed by atoms with Crippen LogP contribution in [0.3, 0.4) is 0 Å². The van der Waals surface area contributed by atoms with Crippen molar-refractivity contribution in [2.24, 2.45) is 0 Å². The number of ether oxygens (including phenoxy) is 1. The van der Waals surface area contributed by atoms with Gasteiger partial charge < -0.3 is 9.84 Å². The summed E-state index contributed by atoms with van der Waals surface area (Å²) in [7, 11) is 0. The van der Waals surface area contributed by atoms with Crippen LogP contribution in [-0.2, 0) is 11.0 Å². The Labute approximate surface area is 108 Å². The molecule has 9 heteroatoms. The maximum Gasteiger partial charge on any atom is 0.426 e. The second-order valence-electron chi connectivity index (χ2n) is 3.74. The van der Waals surface area contributed by atoms with Gasteiger partial charge in [-0.1, -0.05) is 12.1 Å². The summed E-state index contributed by atoms with van der Waals surface area (Å²) in [6, 6.07) is 3.28. The molecule has 1 rings (SSSR count). The van der Waals surface area contributed by atoms with Gasteiger partial charge in [-0.25, -0.2) is 0 Å². The van der Waals surface area contributed by atoms with Gasteiger partial charge in [0.1, 0.15) is 5.75 Å². The van der Waals surface area contributed by atoms with Crippen molar-refractivity contribution in [3.63, 3.8) is 0 Å². The molecule has 1 unspecified atom stereocenters. The van der Waals surface area contributed by atoms with Gasteiger partial charge in [0.15, 0.2) is 0 Å². The summed E-state index contributed by atoms with van der Waals surface area (Å²) in [5, 5.41) is 8.35. The van der Waals surface area contributed by atoms with Crippen molar-refractivity contribution in [2.75, 3.05) is 0 Å². The second kappa shape index (κ2) is 5.59. The third kappa shape index (κ3) is 4.32. The summed E-state index contributed by atoms with van der Waals surface area (Å²) in [4.78, 5) is 10.3. The van der Waals surface area contributed by atoms with Crippen LogP contribution in [0.2, 0.25) is 0 Å². The number of para-hydroxylation sites is 1. The first kappa shape index (κ1) is 16.1. The topological polar surface area (TPSA) is 46.5 Å². The molecule has 112 valence electrons. The lowest BCUT2D eigenvalue weighted by atomic mass is 10.2. The molecule has 0 radical (unpaired) electrons. The molecule has 0 amide bonds. The molecule has 0 heterocycles. The van der Waals surface area contributed by atoms with Crippen molar-refractivity contribution >= 4 is 5.97 Å². The molecule has 3 nitrogen and oxygen atoms in total. The Balaban J connectivity index is 3.09. The van der Waals surface area contributed by atoms with E-state index < -0.39 is 42.2 Å². The maximum absolute atomic E-state index is 12.6. The van der Waals surface area contributed by atoms with Crippen LogP contribution in [0.4, 0.5) is 26.3 Å². The lowest BCUT2D eigenvalue weighted by Crippen LogP contribution is -2.37. The number of alkyl halides is 6. The summed E-state index contributed by atoms with van der Waals surface area (Å²) in [6.07, 6.45) is -14.4. The van der Waals surface area contributed by atoms with Crippen LogP contribution in [0.15, 0.2) is 24.3 Å². The van der Waals surface area contributed by atoms with Crippen molar-refractivity contribution in [2.45, 2.75) is 24.9 Å². The number of aliphatic carboxylic acids is 1. The second-order valence-corrected chi connectivity index (χ2v) is 3.74. The summed E-state index contributed by atoms with van der Waals surface area (Å²) < 4.78 is 79.5. The van der Waals surface area contributed by atoms with E-state index in [0.717, 1.165) is 12.1 Å². The first-order valence-corrected chi connectivity index (χ1v) is 5.13. The zero-order chi connectivity index (χ0) is 15.6. The van der Waals surface area contributed by atoms with Gasteiger partial charge in [-0.2, -0.15) is 26.3 Å². The average Bonchev–Trinajstić information content (AvgIpc) is 2.25. The summed E-state index contributed by atoms with van der Waals surface area (Å²) in [5.41, 5.74) is -1.40. The number of carboxylic acids is 1. The quantitative estimate of drug-likeness (QED) is 0.866. The number of carboxylic acid groups (broad SMARTS) is 1. The van der Waals surface area contributed by atoms with Gasteiger partial charge in [0.05, 0.1) is 12.0 Å². The Bertz CT molecular complexity index is 480. The molecule has 0 spiro atoms. The van der Waals surface area contributed by atoms with E-state index in [1.54, 1.807) is 0 Å². The Kier molecular flexibility index (Phi) is 4.51. The van der Waals surface area contributed by atoms with Crippen LogP contribution in [0, 0.1) is 0 Å². The fraction of sp³-hybridized carbons (Fsp3) is 0.364. The molecule has 0 aromatic heterocycles. The van der Waals surface area contributed by atoms with E-state index in [1.165, 1.54) is 0 Å². The van der Waals surface area contributed by atoms with E-state index in [-0.39, 0.29) is 0 Å². The third-order valence-electron chi connectivity index (χ3n) is 2.19.